The second-order valence-electron chi connectivity index (χ2n) is 13.6. The van der Waals surface area contributed by atoms with E-state index >= 15 is 0 Å². The molecule has 264 valence electrons. The Morgan fingerprint density at radius 2 is 1.83 bits per heavy atom. The Balaban J connectivity index is 1.58. The van der Waals surface area contributed by atoms with Gasteiger partial charge in [0.2, 0.25) is 0 Å². The van der Waals surface area contributed by atoms with Gasteiger partial charge in [-0.3, -0.25) is 0 Å². The standard InChI is InChI=1S/C37H53N3O8/c1-28(24-43-6)25-44-26-29-8-11-31(12-9-29)37(47-20-15-38)14-17-40(35(41)48-36(2,3)4)23-34(37)46-27-30-10-13-33-32(22-30)39(18-21-45-33)16-7-19-42-5/h8-13,22,28,34H,7,14,16-21,23-27H2,1-6H3/t28?,34-,37-/m0/s1. The molecular formula is C37H53N3O8. The van der Waals surface area contributed by atoms with Crippen molar-refractivity contribution in [2.24, 2.45) is 5.92 Å². The van der Waals surface area contributed by atoms with Crippen LogP contribution in [0.1, 0.15) is 57.2 Å². The maximum absolute atomic E-state index is 13.2. The lowest BCUT2D eigenvalue weighted by Gasteiger charge is -2.47. The first-order valence-electron chi connectivity index (χ1n) is 16.8. The van der Waals surface area contributed by atoms with Gasteiger partial charge < -0.3 is 43.0 Å². The molecule has 0 aliphatic carbocycles. The first-order chi connectivity index (χ1) is 23.1. The number of carbonyl (C=O) groups is 1. The number of rotatable bonds is 16. The molecule has 1 fully saturated rings. The lowest BCUT2D eigenvalue weighted by molar-refractivity contribution is -0.179. The van der Waals surface area contributed by atoms with E-state index in [1.54, 1.807) is 19.1 Å². The summed E-state index contributed by atoms with van der Waals surface area (Å²) in [4.78, 5) is 17.2. The molecule has 1 amide bonds. The van der Waals surface area contributed by atoms with Gasteiger partial charge in [-0.05, 0) is 56.0 Å². The van der Waals surface area contributed by atoms with Crippen LogP contribution in [-0.2, 0) is 47.2 Å². The first kappa shape index (κ1) is 37.4. The number of ether oxygens (including phenoxy) is 7. The summed E-state index contributed by atoms with van der Waals surface area (Å²) in [5.41, 5.74) is 2.29. The molecule has 11 nitrogen and oxygen atoms in total. The van der Waals surface area contributed by atoms with Crippen molar-refractivity contribution in [3.8, 4) is 11.8 Å². The van der Waals surface area contributed by atoms with Gasteiger partial charge in [0.15, 0.2) is 0 Å². The van der Waals surface area contributed by atoms with E-state index in [0.29, 0.717) is 51.9 Å². The van der Waals surface area contributed by atoms with Gasteiger partial charge in [-0.15, -0.1) is 0 Å². The summed E-state index contributed by atoms with van der Waals surface area (Å²) >= 11 is 0. The van der Waals surface area contributed by atoms with Gasteiger partial charge in [-0.2, -0.15) is 5.26 Å². The van der Waals surface area contributed by atoms with Crippen LogP contribution in [0.25, 0.3) is 0 Å². The first-order valence-corrected chi connectivity index (χ1v) is 16.8. The third-order valence-corrected chi connectivity index (χ3v) is 8.48. The van der Waals surface area contributed by atoms with E-state index in [4.69, 9.17) is 33.2 Å². The lowest BCUT2D eigenvalue weighted by atomic mass is 9.81. The fourth-order valence-corrected chi connectivity index (χ4v) is 6.15. The minimum absolute atomic E-state index is 0.124. The van der Waals surface area contributed by atoms with Crippen molar-refractivity contribution in [2.45, 2.75) is 71.1 Å². The molecule has 2 aliphatic rings. The molecular weight excluding hydrogens is 614 g/mol. The highest BCUT2D eigenvalue weighted by Gasteiger charge is 2.48. The highest BCUT2D eigenvalue weighted by Crippen LogP contribution is 2.40. The number of anilines is 1. The van der Waals surface area contributed by atoms with Crippen molar-refractivity contribution in [1.29, 1.82) is 5.26 Å². The topological polar surface area (TPSA) is 112 Å². The molecule has 0 bridgehead atoms. The van der Waals surface area contributed by atoms with Crippen LogP contribution in [0.4, 0.5) is 10.5 Å². The van der Waals surface area contributed by atoms with E-state index in [-0.39, 0.29) is 19.8 Å². The van der Waals surface area contributed by atoms with Crippen molar-refractivity contribution in [3.05, 3.63) is 59.2 Å². The molecule has 2 aromatic rings. The zero-order chi connectivity index (χ0) is 34.6. The van der Waals surface area contributed by atoms with E-state index in [2.05, 4.69) is 24.0 Å². The number of methoxy groups -OCH3 is 2. The van der Waals surface area contributed by atoms with Gasteiger partial charge in [0, 0.05) is 46.3 Å². The van der Waals surface area contributed by atoms with Crippen LogP contribution in [0.3, 0.4) is 0 Å². The number of amides is 1. The minimum atomic E-state index is -0.968. The van der Waals surface area contributed by atoms with Gasteiger partial charge in [0.1, 0.15) is 36.3 Å². The van der Waals surface area contributed by atoms with E-state index < -0.39 is 23.4 Å². The highest BCUT2D eigenvalue weighted by molar-refractivity contribution is 5.68. The summed E-state index contributed by atoms with van der Waals surface area (Å²) in [6.07, 6.45) is 0.344. The van der Waals surface area contributed by atoms with Gasteiger partial charge in [-0.1, -0.05) is 37.3 Å². The second kappa shape index (κ2) is 17.8. The van der Waals surface area contributed by atoms with Crippen LogP contribution < -0.4 is 9.64 Å². The summed E-state index contributed by atoms with van der Waals surface area (Å²) < 4.78 is 41.2. The van der Waals surface area contributed by atoms with Crippen LogP contribution in [0, 0.1) is 17.2 Å². The third-order valence-electron chi connectivity index (χ3n) is 8.48. The molecule has 0 spiro atoms. The van der Waals surface area contributed by atoms with Crippen molar-refractivity contribution >= 4 is 11.8 Å². The SMILES string of the molecule is COCCCN1CCOc2ccc(CO[C@H]3CN(C(=O)OC(C)(C)C)CC[C@]3(OCC#N)c3ccc(COCC(C)COC)cc3)cc21. The third kappa shape index (κ3) is 10.3. The molecule has 4 rings (SSSR count). The number of carbonyl (C=O) groups excluding carboxylic acids is 1. The number of likely N-dealkylation sites (tertiary alicyclic amines) is 1. The van der Waals surface area contributed by atoms with Crippen LogP contribution >= 0.6 is 0 Å². The Labute approximate surface area is 285 Å². The minimum Gasteiger partial charge on any atom is -0.490 e. The molecule has 0 saturated carbocycles. The van der Waals surface area contributed by atoms with E-state index in [1.807, 2.05) is 57.2 Å². The molecule has 2 aromatic carbocycles. The Kier molecular flexibility index (Phi) is 13.9. The van der Waals surface area contributed by atoms with Crippen molar-refractivity contribution in [2.75, 3.05) is 78.3 Å². The number of hydrogen-bond donors (Lipinski definition) is 0. The zero-order valence-corrected chi connectivity index (χ0v) is 29.5. The number of piperidine rings is 1. The van der Waals surface area contributed by atoms with Gasteiger partial charge >= 0.3 is 6.09 Å². The molecule has 2 aliphatic heterocycles. The van der Waals surface area contributed by atoms with E-state index in [1.165, 1.54) is 0 Å². The summed E-state index contributed by atoms with van der Waals surface area (Å²) in [7, 11) is 3.41. The van der Waals surface area contributed by atoms with Crippen LogP contribution in [0.2, 0.25) is 0 Å². The molecule has 0 aromatic heterocycles. The Morgan fingerprint density at radius 1 is 1.06 bits per heavy atom. The Morgan fingerprint density at radius 3 is 2.54 bits per heavy atom. The highest BCUT2D eigenvalue weighted by atomic mass is 16.6. The number of nitrogens with zero attached hydrogens (tertiary/aromatic N) is 3. The molecule has 0 N–H and O–H groups in total. The van der Waals surface area contributed by atoms with Gasteiger partial charge in [0.25, 0.3) is 0 Å². The molecule has 1 saturated heterocycles. The monoisotopic (exact) mass is 667 g/mol. The van der Waals surface area contributed by atoms with Crippen LogP contribution in [0.15, 0.2) is 42.5 Å². The molecule has 1 unspecified atom stereocenters. The van der Waals surface area contributed by atoms with E-state index in [0.717, 1.165) is 47.6 Å². The number of nitriles is 1. The van der Waals surface area contributed by atoms with Gasteiger partial charge in [0.05, 0.1) is 51.3 Å². The number of fused-ring (bicyclic) bond motifs is 1. The molecule has 3 atom stereocenters. The lowest BCUT2D eigenvalue weighted by Crippen LogP contribution is -2.57. The predicted octanol–water partition coefficient (Wildman–Crippen LogP) is 5.68. The van der Waals surface area contributed by atoms with Crippen LogP contribution in [-0.4, -0.2) is 96.1 Å². The summed E-state index contributed by atoms with van der Waals surface area (Å²) in [6, 6.07) is 16.3. The Bertz CT molecular complexity index is 1340. The Hall–Kier alpha value is -3.40. The quantitative estimate of drug-likeness (QED) is 0.207. The molecule has 0 radical (unpaired) electrons. The maximum Gasteiger partial charge on any atom is 0.410 e. The fraction of sp³-hybridized carbons (Fsp3) is 0.622. The summed E-state index contributed by atoms with van der Waals surface area (Å²) in [6.45, 7) is 13.1. The summed E-state index contributed by atoms with van der Waals surface area (Å²) in [5.74, 6) is 1.14. The smallest absolute Gasteiger partial charge is 0.410 e. The number of hydrogen-bond acceptors (Lipinski definition) is 10. The van der Waals surface area contributed by atoms with E-state index in [9.17, 15) is 10.1 Å². The van der Waals surface area contributed by atoms with Gasteiger partial charge in [-0.25, -0.2) is 4.79 Å². The maximum atomic E-state index is 13.2. The fourth-order valence-electron chi connectivity index (χ4n) is 6.15. The average Bonchev–Trinajstić information content (AvgIpc) is 3.06. The van der Waals surface area contributed by atoms with Crippen molar-refractivity contribution in [3.63, 3.8) is 0 Å². The largest absolute Gasteiger partial charge is 0.490 e. The van der Waals surface area contributed by atoms with Crippen LogP contribution in [0.5, 0.6) is 5.75 Å². The molecule has 48 heavy (non-hydrogen) atoms. The normalized spacial score (nSPS) is 20.1. The predicted molar refractivity (Wildman–Crippen MR) is 182 cm³/mol. The van der Waals surface area contributed by atoms with Crippen molar-refractivity contribution < 1.29 is 38.0 Å². The summed E-state index contributed by atoms with van der Waals surface area (Å²) in [5, 5.41) is 9.61. The molecule has 2 heterocycles. The second-order valence-corrected chi connectivity index (χ2v) is 13.6. The molecule has 11 heteroatoms. The zero-order valence-electron chi connectivity index (χ0n) is 29.5. The average molecular weight is 668 g/mol. The number of benzene rings is 2. The van der Waals surface area contributed by atoms with Crippen molar-refractivity contribution in [1.82, 2.24) is 4.90 Å².